The molecule has 0 aliphatic carbocycles. The van der Waals surface area contributed by atoms with E-state index >= 15 is 0 Å². The zero-order chi connectivity index (χ0) is 12.8. The average molecular weight is 259 g/mol. The van der Waals surface area contributed by atoms with Gasteiger partial charge in [-0.25, -0.2) is 9.47 Å². The third-order valence-corrected chi connectivity index (χ3v) is 3.59. The summed E-state index contributed by atoms with van der Waals surface area (Å²) in [5.74, 6) is 1.09. The standard InChI is InChI=1S/C12H11N4OS/c1-16-6-4-3-5-9(16)14-11(17)8-7-13-12(18-2)15-10(8)16/h3-7H,1-2H3/q+1. The number of carbonyl (C=O) groups is 1. The Morgan fingerprint density at radius 3 is 2.94 bits per heavy atom. The zero-order valence-corrected chi connectivity index (χ0v) is 10.8. The fourth-order valence-electron chi connectivity index (χ4n) is 2.04. The van der Waals surface area contributed by atoms with E-state index in [1.165, 1.54) is 11.8 Å². The molecule has 1 unspecified atom stereocenters. The minimum absolute atomic E-state index is 0.275. The van der Waals surface area contributed by atoms with Crippen molar-refractivity contribution in [2.45, 2.75) is 5.16 Å². The first-order chi connectivity index (χ1) is 8.65. The van der Waals surface area contributed by atoms with E-state index in [1.54, 1.807) is 6.20 Å². The first-order valence-corrected chi connectivity index (χ1v) is 6.65. The second-order valence-corrected chi connectivity index (χ2v) is 4.92. The number of amidine groups is 1. The third kappa shape index (κ3) is 1.46. The van der Waals surface area contributed by atoms with Crippen LogP contribution in [0.4, 0.5) is 5.82 Å². The van der Waals surface area contributed by atoms with Gasteiger partial charge in [0.15, 0.2) is 5.16 Å². The van der Waals surface area contributed by atoms with Gasteiger partial charge >= 0.3 is 0 Å². The highest BCUT2D eigenvalue weighted by molar-refractivity contribution is 7.98. The summed E-state index contributed by atoms with van der Waals surface area (Å²) >= 11 is 1.46. The molecule has 0 radical (unpaired) electrons. The molecule has 1 aromatic rings. The second-order valence-electron chi connectivity index (χ2n) is 4.15. The van der Waals surface area contributed by atoms with Crippen molar-refractivity contribution in [3.63, 3.8) is 0 Å². The van der Waals surface area contributed by atoms with E-state index in [0.29, 0.717) is 26.9 Å². The van der Waals surface area contributed by atoms with Crippen molar-refractivity contribution < 1.29 is 4.79 Å². The smallest absolute Gasteiger partial charge is 0.266 e. The lowest BCUT2D eigenvalue weighted by Gasteiger charge is -2.32. The van der Waals surface area contributed by atoms with Crippen molar-refractivity contribution in [2.75, 3.05) is 13.3 Å². The van der Waals surface area contributed by atoms with Gasteiger partial charge in [-0.3, -0.25) is 4.79 Å². The summed E-state index contributed by atoms with van der Waals surface area (Å²) < 4.78 is 0.313. The van der Waals surface area contributed by atoms with Crippen LogP contribution in [-0.4, -0.2) is 35.0 Å². The summed E-state index contributed by atoms with van der Waals surface area (Å²) in [6.45, 7) is 0. The number of quaternary nitrogens is 1. The van der Waals surface area contributed by atoms with Crippen molar-refractivity contribution >= 4 is 29.3 Å². The van der Waals surface area contributed by atoms with E-state index in [4.69, 9.17) is 0 Å². The number of amides is 1. The maximum atomic E-state index is 11.9. The van der Waals surface area contributed by atoms with Gasteiger partial charge in [-0.1, -0.05) is 11.8 Å². The maximum Gasteiger partial charge on any atom is 0.291 e. The molecule has 1 atom stereocenters. The molecular formula is C12H11N4OS+. The van der Waals surface area contributed by atoms with Crippen molar-refractivity contribution in [2.24, 2.45) is 4.99 Å². The predicted molar refractivity (Wildman–Crippen MR) is 71.6 cm³/mol. The second kappa shape index (κ2) is 3.86. The molecule has 6 heteroatoms. The molecule has 2 aliphatic rings. The molecule has 1 amide bonds. The van der Waals surface area contributed by atoms with E-state index in [1.807, 2.05) is 37.7 Å². The average Bonchev–Trinajstić information content (AvgIpc) is 2.40. The highest BCUT2D eigenvalue weighted by Crippen LogP contribution is 2.32. The van der Waals surface area contributed by atoms with Crippen molar-refractivity contribution in [1.82, 2.24) is 14.5 Å². The Morgan fingerprint density at radius 1 is 1.33 bits per heavy atom. The highest BCUT2D eigenvalue weighted by Gasteiger charge is 2.41. The Bertz CT molecular complexity index is 635. The van der Waals surface area contributed by atoms with Crippen LogP contribution in [0.15, 0.2) is 40.8 Å². The lowest BCUT2D eigenvalue weighted by Crippen LogP contribution is -2.49. The minimum atomic E-state index is -0.275. The molecule has 0 N–H and O–H groups in total. The van der Waals surface area contributed by atoms with Gasteiger partial charge in [0.05, 0.1) is 13.2 Å². The number of rotatable bonds is 1. The number of likely N-dealkylation sites (N-methyl/N-ethyl adjacent to an activating group) is 1. The summed E-state index contributed by atoms with van der Waals surface area (Å²) in [6.07, 6.45) is 11.1. The number of hydrogen-bond donors (Lipinski definition) is 0. The molecule has 0 saturated carbocycles. The molecule has 3 rings (SSSR count). The van der Waals surface area contributed by atoms with Crippen LogP contribution in [0.3, 0.4) is 0 Å². The maximum absolute atomic E-state index is 11.9. The van der Waals surface area contributed by atoms with Crippen LogP contribution in [0.2, 0.25) is 0 Å². The number of nitrogens with zero attached hydrogens (tertiary/aromatic N) is 4. The SMILES string of the molecule is CSc1ncc2c(n1)[N+]1(C)C=CC=CC1=NC2=O. The molecule has 0 saturated heterocycles. The molecule has 90 valence electrons. The van der Waals surface area contributed by atoms with Gasteiger partial charge in [-0.05, 0) is 18.4 Å². The van der Waals surface area contributed by atoms with Crippen molar-refractivity contribution in [3.8, 4) is 0 Å². The Hall–Kier alpha value is -1.79. The fourth-order valence-corrected chi connectivity index (χ4v) is 2.38. The van der Waals surface area contributed by atoms with E-state index in [0.717, 1.165) is 0 Å². The Balaban J connectivity index is 2.28. The van der Waals surface area contributed by atoms with Crippen LogP contribution in [0.5, 0.6) is 0 Å². The molecule has 0 aromatic carbocycles. The number of aliphatic imine (C=N–C) groups is 1. The summed E-state index contributed by atoms with van der Waals surface area (Å²) in [5.41, 5.74) is 0.471. The number of hydrogen-bond acceptors (Lipinski definition) is 4. The van der Waals surface area contributed by atoms with Crippen LogP contribution in [0.25, 0.3) is 0 Å². The quantitative estimate of drug-likeness (QED) is 0.438. The molecule has 5 nitrogen and oxygen atoms in total. The van der Waals surface area contributed by atoms with Crippen LogP contribution < -0.4 is 4.48 Å². The number of fused-ring (bicyclic) bond motifs is 3. The molecule has 2 aliphatic heterocycles. The minimum Gasteiger partial charge on any atom is -0.266 e. The third-order valence-electron chi connectivity index (χ3n) is 3.03. The fraction of sp³-hybridized carbons (Fsp3) is 0.167. The van der Waals surface area contributed by atoms with Gasteiger partial charge in [0.25, 0.3) is 11.7 Å². The molecule has 0 bridgehead atoms. The summed E-state index contributed by atoms with van der Waals surface area (Å²) in [4.78, 5) is 24.7. The molecule has 1 aromatic heterocycles. The number of aromatic nitrogens is 2. The molecule has 0 fully saturated rings. The largest absolute Gasteiger partial charge is 0.291 e. The first kappa shape index (κ1) is 11.3. The van der Waals surface area contributed by atoms with E-state index < -0.39 is 0 Å². The number of allylic oxidation sites excluding steroid dienone is 2. The number of carbonyl (C=O) groups excluding carboxylic acids is 1. The van der Waals surface area contributed by atoms with E-state index in [-0.39, 0.29) is 5.91 Å². The van der Waals surface area contributed by atoms with Gasteiger partial charge in [-0.2, -0.15) is 9.98 Å². The van der Waals surface area contributed by atoms with Crippen LogP contribution in [-0.2, 0) is 0 Å². The lowest BCUT2D eigenvalue weighted by molar-refractivity contribution is 0.0997. The monoisotopic (exact) mass is 259 g/mol. The first-order valence-electron chi connectivity index (χ1n) is 5.42. The molecule has 3 heterocycles. The summed E-state index contributed by atoms with van der Waals surface area (Å²) in [6, 6.07) is 0. The van der Waals surface area contributed by atoms with Crippen LogP contribution in [0, 0.1) is 0 Å². The van der Waals surface area contributed by atoms with Crippen LogP contribution >= 0.6 is 11.8 Å². The molecule has 18 heavy (non-hydrogen) atoms. The van der Waals surface area contributed by atoms with Crippen LogP contribution in [0.1, 0.15) is 10.4 Å². The summed E-state index contributed by atoms with van der Waals surface area (Å²) in [5, 5.41) is 0.658. The van der Waals surface area contributed by atoms with Crippen molar-refractivity contribution in [3.05, 3.63) is 36.2 Å². The molecular weight excluding hydrogens is 248 g/mol. The van der Waals surface area contributed by atoms with Gasteiger partial charge in [0, 0.05) is 6.08 Å². The van der Waals surface area contributed by atoms with Gasteiger partial charge in [-0.15, -0.1) is 0 Å². The lowest BCUT2D eigenvalue weighted by atomic mass is 10.1. The number of thioether (sulfide) groups is 1. The topological polar surface area (TPSA) is 55.2 Å². The normalized spacial score (nSPS) is 24.6. The van der Waals surface area contributed by atoms with Crippen molar-refractivity contribution in [1.29, 1.82) is 0 Å². The van der Waals surface area contributed by atoms with Gasteiger partial charge in [0.2, 0.25) is 5.84 Å². The van der Waals surface area contributed by atoms with Gasteiger partial charge < -0.3 is 0 Å². The Kier molecular flexibility index (Phi) is 2.42. The van der Waals surface area contributed by atoms with E-state index in [2.05, 4.69) is 15.0 Å². The van der Waals surface area contributed by atoms with Gasteiger partial charge in [0.1, 0.15) is 11.8 Å². The predicted octanol–water partition coefficient (Wildman–Crippen LogP) is 1.77. The Morgan fingerprint density at radius 2 is 2.17 bits per heavy atom. The zero-order valence-electron chi connectivity index (χ0n) is 9.99. The Labute approximate surface area is 109 Å². The highest BCUT2D eigenvalue weighted by atomic mass is 32.2. The molecule has 0 spiro atoms. The van der Waals surface area contributed by atoms with E-state index in [9.17, 15) is 4.79 Å². The summed E-state index contributed by atoms with van der Waals surface area (Å²) in [7, 11) is 1.96.